The fourth-order valence-corrected chi connectivity index (χ4v) is 6.05. The van der Waals surface area contributed by atoms with Crippen molar-refractivity contribution in [2.75, 3.05) is 7.11 Å². The van der Waals surface area contributed by atoms with E-state index in [1.54, 1.807) is 19.1 Å². The summed E-state index contributed by atoms with van der Waals surface area (Å²) in [4.78, 5) is 13.4. The van der Waals surface area contributed by atoms with Gasteiger partial charge < -0.3 is 39.7 Å². The Morgan fingerprint density at radius 1 is 1.02 bits per heavy atom. The van der Waals surface area contributed by atoms with E-state index in [-0.39, 0.29) is 40.6 Å². The lowest BCUT2D eigenvalue weighted by Crippen LogP contribution is -2.62. The molecule has 3 aromatic carbocycles. The molecule has 220 valence electrons. The number of hydrogen-bond donors (Lipinski definition) is 5. The Hall–Kier alpha value is -3.21. The number of aromatic hydroxyl groups is 1. The Balaban J connectivity index is 1.46. The van der Waals surface area contributed by atoms with E-state index in [0.717, 1.165) is 31.2 Å². The first-order valence-electron chi connectivity index (χ1n) is 14.2. The first-order chi connectivity index (χ1) is 19.7. The molecule has 41 heavy (non-hydrogen) atoms. The van der Waals surface area contributed by atoms with Crippen LogP contribution in [0.25, 0.3) is 10.8 Å². The lowest BCUT2D eigenvalue weighted by Gasteiger charge is -2.42. The first kappa shape index (κ1) is 29.3. The van der Waals surface area contributed by atoms with E-state index in [2.05, 4.69) is 0 Å². The molecule has 2 aliphatic rings. The number of rotatable bonds is 9. The van der Waals surface area contributed by atoms with Crippen molar-refractivity contribution in [3.8, 4) is 17.2 Å². The number of Topliss-reactive ketones (excluding diaryl/α,β-unsaturated/α-hetero) is 1. The van der Waals surface area contributed by atoms with Crippen LogP contribution in [0, 0.1) is 12.8 Å². The van der Waals surface area contributed by atoms with Crippen molar-refractivity contribution in [1.82, 2.24) is 0 Å². The van der Waals surface area contributed by atoms with Crippen molar-refractivity contribution in [1.29, 1.82) is 0 Å². The summed E-state index contributed by atoms with van der Waals surface area (Å²) in [6, 6.07) is 14.5. The SMILES string of the molecule is COc1cc(O[C@H]2O[C@H]([C@H](O)CCc3ccccc3)[C@@H](O)[C@H](O)[C@H]2O)c2c(O)c(C(=O)C3CCCC3)c(C)cc2c1. The van der Waals surface area contributed by atoms with Crippen molar-refractivity contribution >= 4 is 16.6 Å². The molecule has 9 heteroatoms. The predicted molar refractivity (Wildman–Crippen MR) is 151 cm³/mol. The second-order valence-corrected chi connectivity index (χ2v) is 11.1. The van der Waals surface area contributed by atoms with Crippen LogP contribution in [-0.4, -0.2) is 75.2 Å². The number of phenolic OH excluding ortho intramolecular Hbond substituents is 1. The van der Waals surface area contributed by atoms with Gasteiger partial charge in [-0.2, -0.15) is 0 Å². The van der Waals surface area contributed by atoms with Crippen LogP contribution in [0.4, 0.5) is 0 Å². The average Bonchev–Trinajstić information content (AvgIpc) is 3.51. The molecule has 0 bridgehead atoms. The number of carbonyl (C=O) groups is 1. The largest absolute Gasteiger partial charge is 0.506 e. The molecule has 1 aliphatic heterocycles. The molecule has 3 aromatic rings. The van der Waals surface area contributed by atoms with Gasteiger partial charge in [0.2, 0.25) is 6.29 Å². The number of phenols is 1. The summed E-state index contributed by atoms with van der Waals surface area (Å²) in [5, 5.41) is 55.2. The maximum absolute atomic E-state index is 13.4. The molecule has 6 atom stereocenters. The van der Waals surface area contributed by atoms with Crippen LogP contribution in [0.1, 0.15) is 53.6 Å². The molecule has 5 rings (SSSR count). The van der Waals surface area contributed by atoms with Crippen LogP contribution in [0.5, 0.6) is 17.2 Å². The lowest BCUT2D eigenvalue weighted by atomic mass is 9.90. The average molecular weight is 567 g/mol. The van der Waals surface area contributed by atoms with E-state index in [1.807, 2.05) is 30.3 Å². The highest BCUT2D eigenvalue weighted by molar-refractivity contribution is 6.09. The molecule has 1 aliphatic carbocycles. The van der Waals surface area contributed by atoms with Crippen molar-refractivity contribution < 1.29 is 44.5 Å². The topological polar surface area (TPSA) is 146 Å². The zero-order valence-electron chi connectivity index (χ0n) is 23.3. The van der Waals surface area contributed by atoms with E-state index in [9.17, 15) is 30.3 Å². The van der Waals surface area contributed by atoms with Crippen LogP contribution in [0.2, 0.25) is 0 Å². The van der Waals surface area contributed by atoms with Gasteiger partial charge in [0.25, 0.3) is 0 Å². The van der Waals surface area contributed by atoms with Gasteiger partial charge in [-0.15, -0.1) is 0 Å². The molecule has 0 spiro atoms. The number of aryl methyl sites for hydroxylation is 2. The van der Waals surface area contributed by atoms with Crippen LogP contribution < -0.4 is 9.47 Å². The Morgan fingerprint density at radius 2 is 1.73 bits per heavy atom. The van der Waals surface area contributed by atoms with Gasteiger partial charge in [0.1, 0.15) is 41.7 Å². The Bertz CT molecular complexity index is 1370. The van der Waals surface area contributed by atoms with Gasteiger partial charge in [0.15, 0.2) is 5.78 Å². The first-order valence-corrected chi connectivity index (χ1v) is 14.2. The number of aliphatic hydroxyl groups excluding tert-OH is 4. The molecular formula is C32H38O9. The number of carbonyl (C=O) groups excluding carboxylic acids is 1. The summed E-state index contributed by atoms with van der Waals surface area (Å²) >= 11 is 0. The number of hydrogen-bond acceptors (Lipinski definition) is 9. The van der Waals surface area contributed by atoms with Crippen molar-refractivity contribution in [3.05, 3.63) is 65.2 Å². The predicted octanol–water partition coefficient (Wildman–Crippen LogP) is 3.42. The van der Waals surface area contributed by atoms with Crippen molar-refractivity contribution in [2.24, 2.45) is 5.92 Å². The number of benzene rings is 3. The smallest absolute Gasteiger partial charge is 0.229 e. The molecule has 9 nitrogen and oxygen atoms in total. The third-order valence-electron chi connectivity index (χ3n) is 8.35. The maximum Gasteiger partial charge on any atom is 0.229 e. The molecule has 1 heterocycles. The summed E-state index contributed by atoms with van der Waals surface area (Å²) in [5.74, 6) is -0.0536. The summed E-state index contributed by atoms with van der Waals surface area (Å²) in [5.41, 5.74) is 1.84. The zero-order chi connectivity index (χ0) is 29.3. The van der Waals surface area contributed by atoms with Crippen LogP contribution >= 0.6 is 0 Å². The highest BCUT2D eigenvalue weighted by atomic mass is 16.7. The number of fused-ring (bicyclic) bond motifs is 1. The monoisotopic (exact) mass is 566 g/mol. The summed E-state index contributed by atoms with van der Waals surface area (Å²) in [6.07, 6.45) is -4.61. The van der Waals surface area contributed by atoms with Gasteiger partial charge in [-0.1, -0.05) is 49.2 Å². The van der Waals surface area contributed by atoms with Crippen molar-refractivity contribution in [3.63, 3.8) is 0 Å². The van der Waals surface area contributed by atoms with Gasteiger partial charge in [-0.3, -0.25) is 4.79 Å². The Morgan fingerprint density at radius 3 is 2.41 bits per heavy atom. The third-order valence-corrected chi connectivity index (χ3v) is 8.35. The lowest BCUT2D eigenvalue weighted by molar-refractivity contribution is -0.288. The second kappa shape index (κ2) is 12.3. The van der Waals surface area contributed by atoms with Gasteiger partial charge in [-0.05, 0) is 55.2 Å². The zero-order valence-corrected chi connectivity index (χ0v) is 23.3. The normalized spacial score (nSPS) is 25.8. The molecule has 0 radical (unpaired) electrons. The van der Waals surface area contributed by atoms with Gasteiger partial charge in [0, 0.05) is 12.0 Å². The standard InChI is InChI=1S/C32H38O9/c1-17-14-20-15-21(39-2)16-23(25(20)27(35)24(17)26(34)19-10-6-7-11-19)40-32-30(38)28(36)29(37)31(41-32)22(33)13-12-18-8-4-3-5-9-18/h3-5,8-9,14-16,19,22,28-33,35-38H,6-7,10-13H2,1-2H3/t22-,28+,29+,30-,31-,32+/m1/s1. The number of methoxy groups -OCH3 is 1. The molecule has 0 amide bonds. The maximum atomic E-state index is 13.4. The minimum atomic E-state index is -1.67. The molecule has 5 N–H and O–H groups in total. The fraction of sp³-hybridized carbons (Fsp3) is 0.469. The molecule has 1 saturated heterocycles. The van der Waals surface area contributed by atoms with E-state index in [1.165, 1.54) is 13.2 Å². The van der Waals surface area contributed by atoms with E-state index < -0.39 is 36.8 Å². The minimum Gasteiger partial charge on any atom is -0.506 e. The highest BCUT2D eigenvalue weighted by Gasteiger charge is 2.47. The number of ketones is 1. The molecule has 0 unspecified atom stereocenters. The number of ether oxygens (including phenoxy) is 3. The fourth-order valence-electron chi connectivity index (χ4n) is 6.05. The molecule has 1 saturated carbocycles. The van der Waals surface area contributed by atoms with E-state index >= 15 is 0 Å². The summed E-state index contributed by atoms with van der Waals surface area (Å²) < 4.78 is 17.3. The molecule has 0 aromatic heterocycles. The Labute approximate surface area is 238 Å². The van der Waals surface area contributed by atoms with Crippen LogP contribution in [0.3, 0.4) is 0 Å². The summed E-state index contributed by atoms with van der Waals surface area (Å²) in [6.45, 7) is 1.77. The van der Waals surface area contributed by atoms with E-state index in [0.29, 0.717) is 23.1 Å². The van der Waals surface area contributed by atoms with Crippen LogP contribution in [0.15, 0.2) is 48.5 Å². The van der Waals surface area contributed by atoms with Gasteiger partial charge >= 0.3 is 0 Å². The minimum absolute atomic E-state index is 0.0579. The van der Waals surface area contributed by atoms with Gasteiger partial charge in [-0.25, -0.2) is 0 Å². The molecular weight excluding hydrogens is 528 g/mol. The van der Waals surface area contributed by atoms with Gasteiger partial charge in [0.05, 0.1) is 24.2 Å². The molecule has 2 fully saturated rings. The highest BCUT2D eigenvalue weighted by Crippen LogP contribution is 2.43. The summed E-state index contributed by atoms with van der Waals surface area (Å²) in [7, 11) is 1.47. The third kappa shape index (κ3) is 5.91. The quantitative estimate of drug-likeness (QED) is 0.246. The number of aliphatic hydroxyl groups is 4. The second-order valence-electron chi connectivity index (χ2n) is 11.1. The van der Waals surface area contributed by atoms with E-state index in [4.69, 9.17) is 14.2 Å². The van der Waals surface area contributed by atoms with Crippen LogP contribution in [-0.2, 0) is 11.2 Å². The Kier molecular flexibility index (Phi) is 8.82. The van der Waals surface area contributed by atoms with Crippen molar-refractivity contribution in [2.45, 2.75) is 82.3 Å².